The summed E-state index contributed by atoms with van der Waals surface area (Å²) in [6.07, 6.45) is 0.792. The Morgan fingerprint density at radius 3 is 2.53 bits per heavy atom. The number of amides is 1. The van der Waals surface area contributed by atoms with Crippen LogP contribution in [0, 0.1) is 0 Å². The van der Waals surface area contributed by atoms with Crippen LogP contribution >= 0.6 is 11.3 Å². The van der Waals surface area contributed by atoms with Crippen molar-refractivity contribution in [3.05, 3.63) is 59.5 Å². The number of ether oxygens (including phenoxy) is 3. The fraction of sp³-hybridized carbons (Fsp3) is 0.227. The molecule has 3 aromatic rings. The average Bonchev–Trinajstić information content (AvgIpc) is 3.24. The molecule has 2 aromatic carbocycles. The Balaban J connectivity index is 1.49. The van der Waals surface area contributed by atoms with Crippen molar-refractivity contribution >= 4 is 28.3 Å². The van der Waals surface area contributed by atoms with Crippen molar-refractivity contribution in [2.75, 3.05) is 26.1 Å². The van der Waals surface area contributed by atoms with Gasteiger partial charge in [-0.1, -0.05) is 30.3 Å². The number of benzene rings is 2. The number of rotatable bonds is 9. The van der Waals surface area contributed by atoms with E-state index in [9.17, 15) is 9.59 Å². The maximum Gasteiger partial charge on any atom is 0.306 e. The minimum absolute atomic E-state index is 0.220. The molecule has 0 spiro atoms. The number of carbonyl (C=O) groups is 2. The van der Waals surface area contributed by atoms with Crippen molar-refractivity contribution in [3.63, 3.8) is 0 Å². The van der Waals surface area contributed by atoms with Crippen LogP contribution in [-0.4, -0.2) is 37.7 Å². The van der Waals surface area contributed by atoms with Crippen LogP contribution in [0.2, 0.25) is 0 Å². The highest BCUT2D eigenvalue weighted by Gasteiger charge is 2.12. The summed E-state index contributed by atoms with van der Waals surface area (Å²) in [6, 6.07) is 15.1. The highest BCUT2D eigenvalue weighted by molar-refractivity contribution is 7.14. The molecule has 156 valence electrons. The molecule has 0 bridgehead atoms. The lowest BCUT2D eigenvalue weighted by molar-refractivity contribution is -0.147. The fourth-order valence-electron chi connectivity index (χ4n) is 2.72. The molecular formula is C22H22N2O5S. The van der Waals surface area contributed by atoms with Crippen LogP contribution in [0.15, 0.2) is 53.9 Å². The fourth-order valence-corrected chi connectivity index (χ4v) is 3.46. The van der Waals surface area contributed by atoms with E-state index in [0.717, 1.165) is 11.1 Å². The average molecular weight is 426 g/mol. The van der Waals surface area contributed by atoms with Gasteiger partial charge < -0.3 is 14.2 Å². The number of aryl methyl sites for hydroxylation is 1. The highest BCUT2D eigenvalue weighted by Crippen LogP contribution is 2.33. The summed E-state index contributed by atoms with van der Waals surface area (Å²) < 4.78 is 15.6. The Hall–Kier alpha value is -3.39. The third kappa shape index (κ3) is 5.81. The van der Waals surface area contributed by atoms with Crippen LogP contribution in [0.5, 0.6) is 11.5 Å². The normalized spacial score (nSPS) is 10.3. The largest absolute Gasteiger partial charge is 0.493 e. The molecule has 0 unspecified atom stereocenters. The van der Waals surface area contributed by atoms with Crippen molar-refractivity contribution < 1.29 is 23.8 Å². The summed E-state index contributed by atoms with van der Waals surface area (Å²) in [7, 11) is 3.14. The first-order valence-corrected chi connectivity index (χ1v) is 10.1. The van der Waals surface area contributed by atoms with Crippen LogP contribution in [0.4, 0.5) is 5.13 Å². The molecule has 0 fully saturated rings. The summed E-state index contributed by atoms with van der Waals surface area (Å²) in [5.74, 6) is 0.366. The number of aromatic nitrogens is 1. The third-order valence-corrected chi connectivity index (χ3v) is 5.01. The summed E-state index contributed by atoms with van der Waals surface area (Å²) in [5, 5.41) is 4.89. The predicted octanol–water partition coefficient (Wildman–Crippen LogP) is 3.94. The first-order valence-electron chi connectivity index (χ1n) is 9.26. The van der Waals surface area contributed by atoms with Gasteiger partial charge in [0.1, 0.15) is 0 Å². The van der Waals surface area contributed by atoms with Crippen molar-refractivity contribution in [2.24, 2.45) is 0 Å². The van der Waals surface area contributed by atoms with Crippen molar-refractivity contribution in [1.82, 2.24) is 4.98 Å². The second-order valence-electron chi connectivity index (χ2n) is 6.30. The number of carbonyl (C=O) groups excluding carboxylic acids is 2. The van der Waals surface area contributed by atoms with E-state index in [2.05, 4.69) is 10.3 Å². The number of thiazole rings is 1. The maximum absolute atomic E-state index is 12.1. The zero-order valence-electron chi connectivity index (χ0n) is 16.7. The molecule has 1 heterocycles. The monoisotopic (exact) mass is 426 g/mol. The number of nitrogens with zero attached hydrogens (tertiary/aromatic N) is 1. The lowest BCUT2D eigenvalue weighted by Crippen LogP contribution is -2.21. The molecule has 0 aliphatic carbocycles. The zero-order chi connectivity index (χ0) is 21.3. The SMILES string of the molecule is COc1ccc(-c2csc(NC(=O)COC(=O)CCc3ccccc3)n2)cc1OC. The summed E-state index contributed by atoms with van der Waals surface area (Å²) in [5.41, 5.74) is 2.57. The van der Waals surface area contributed by atoms with E-state index in [1.807, 2.05) is 47.8 Å². The topological polar surface area (TPSA) is 86.8 Å². The van der Waals surface area contributed by atoms with Crippen LogP contribution in [0.1, 0.15) is 12.0 Å². The minimum atomic E-state index is -0.434. The van der Waals surface area contributed by atoms with Crippen LogP contribution in [-0.2, 0) is 20.7 Å². The molecule has 0 aliphatic heterocycles. The molecule has 8 heteroatoms. The Bertz CT molecular complexity index is 1000. The molecule has 1 N–H and O–H groups in total. The van der Waals surface area contributed by atoms with Crippen molar-refractivity contribution in [3.8, 4) is 22.8 Å². The van der Waals surface area contributed by atoms with Crippen molar-refractivity contribution in [2.45, 2.75) is 12.8 Å². The van der Waals surface area contributed by atoms with E-state index in [0.29, 0.717) is 28.7 Å². The molecule has 3 rings (SSSR count). The summed E-state index contributed by atoms with van der Waals surface area (Å²) >= 11 is 1.28. The second-order valence-corrected chi connectivity index (χ2v) is 7.16. The molecule has 0 atom stereocenters. The van der Waals surface area contributed by atoms with Gasteiger partial charge in [-0.25, -0.2) is 4.98 Å². The summed E-state index contributed by atoms with van der Waals surface area (Å²) in [6.45, 7) is -0.348. The van der Waals surface area contributed by atoms with Gasteiger partial charge in [-0.15, -0.1) is 11.3 Å². The molecule has 1 aromatic heterocycles. The van der Waals surface area contributed by atoms with Crippen molar-refractivity contribution in [1.29, 1.82) is 0 Å². The number of anilines is 1. The van der Waals surface area contributed by atoms with Crippen LogP contribution < -0.4 is 14.8 Å². The standard InChI is InChI=1S/C22H22N2O5S/c1-27-18-10-9-16(12-19(18)28-2)17-14-30-22(23-17)24-20(25)13-29-21(26)11-8-15-6-4-3-5-7-15/h3-7,9-10,12,14H,8,11,13H2,1-2H3,(H,23,24,25). The van der Waals surface area contributed by atoms with Gasteiger partial charge >= 0.3 is 5.97 Å². The van der Waals surface area contributed by atoms with E-state index in [4.69, 9.17) is 14.2 Å². The highest BCUT2D eigenvalue weighted by atomic mass is 32.1. The molecule has 7 nitrogen and oxygen atoms in total. The molecule has 0 saturated heterocycles. The Morgan fingerprint density at radius 2 is 1.80 bits per heavy atom. The molecule has 0 aliphatic rings. The van der Waals surface area contributed by atoms with Gasteiger partial charge in [-0.05, 0) is 30.2 Å². The van der Waals surface area contributed by atoms with E-state index in [-0.39, 0.29) is 13.0 Å². The Morgan fingerprint density at radius 1 is 1.03 bits per heavy atom. The third-order valence-electron chi connectivity index (χ3n) is 4.25. The van der Waals surface area contributed by atoms with E-state index in [1.165, 1.54) is 11.3 Å². The Labute approximate surface area is 178 Å². The Kier molecular flexibility index (Phi) is 7.40. The number of esters is 1. The van der Waals surface area contributed by atoms with Gasteiger partial charge in [-0.2, -0.15) is 0 Å². The lowest BCUT2D eigenvalue weighted by Gasteiger charge is -2.08. The maximum atomic E-state index is 12.1. The van der Waals surface area contributed by atoms with Gasteiger partial charge in [-0.3, -0.25) is 14.9 Å². The van der Waals surface area contributed by atoms with E-state index < -0.39 is 11.9 Å². The predicted molar refractivity (Wildman–Crippen MR) is 115 cm³/mol. The van der Waals surface area contributed by atoms with Gasteiger partial charge in [0.15, 0.2) is 23.2 Å². The minimum Gasteiger partial charge on any atom is -0.493 e. The first kappa shape index (κ1) is 21.3. The number of nitrogens with one attached hydrogen (secondary N) is 1. The first-order chi connectivity index (χ1) is 14.6. The molecule has 1 amide bonds. The zero-order valence-corrected chi connectivity index (χ0v) is 17.5. The van der Waals surface area contributed by atoms with E-state index in [1.54, 1.807) is 20.3 Å². The number of methoxy groups -OCH3 is 2. The number of hydrogen-bond acceptors (Lipinski definition) is 7. The lowest BCUT2D eigenvalue weighted by atomic mass is 10.1. The molecule has 0 radical (unpaired) electrons. The molecule has 0 saturated carbocycles. The molecule has 30 heavy (non-hydrogen) atoms. The van der Waals surface area contributed by atoms with Gasteiger partial charge in [0.05, 0.1) is 19.9 Å². The van der Waals surface area contributed by atoms with E-state index >= 15 is 0 Å². The quantitative estimate of drug-likeness (QED) is 0.522. The van der Waals surface area contributed by atoms with Gasteiger partial charge in [0.25, 0.3) is 5.91 Å². The summed E-state index contributed by atoms with van der Waals surface area (Å²) in [4.78, 5) is 28.3. The second kappa shape index (κ2) is 10.4. The van der Waals surface area contributed by atoms with Crippen LogP contribution in [0.25, 0.3) is 11.3 Å². The van der Waals surface area contributed by atoms with Gasteiger partial charge in [0.2, 0.25) is 0 Å². The molecular weight excluding hydrogens is 404 g/mol. The van der Waals surface area contributed by atoms with Gasteiger partial charge in [0, 0.05) is 17.4 Å². The van der Waals surface area contributed by atoms with Crippen LogP contribution in [0.3, 0.4) is 0 Å². The smallest absolute Gasteiger partial charge is 0.306 e. The number of hydrogen-bond donors (Lipinski definition) is 1.